The van der Waals surface area contributed by atoms with E-state index < -0.39 is 5.60 Å². The molecule has 0 radical (unpaired) electrons. The van der Waals surface area contributed by atoms with Crippen LogP contribution in [0.15, 0.2) is 24.3 Å². The third kappa shape index (κ3) is 2.06. The Labute approximate surface area is 107 Å². The summed E-state index contributed by atoms with van der Waals surface area (Å²) < 4.78 is 13.0. The first kappa shape index (κ1) is 12.1. The number of nitrogens with one attached hydrogen (secondary N) is 1. The first-order valence-electron chi connectivity index (χ1n) is 6.90. The van der Waals surface area contributed by atoms with Gasteiger partial charge in [0.25, 0.3) is 0 Å². The van der Waals surface area contributed by atoms with Gasteiger partial charge in [0.2, 0.25) is 0 Å². The molecule has 98 valence electrons. The summed E-state index contributed by atoms with van der Waals surface area (Å²) in [7, 11) is 0. The van der Waals surface area contributed by atoms with Gasteiger partial charge in [-0.2, -0.15) is 0 Å². The molecule has 0 bridgehead atoms. The fourth-order valence-corrected chi connectivity index (χ4v) is 3.64. The minimum atomic E-state index is -0.511. The Morgan fingerprint density at radius 2 is 1.94 bits per heavy atom. The Morgan fingerprint density at radius 1 is 1.17 bits per heavy atom. The van der Waals surface area contributed by atoms with Gasteiger partial charge in [-0.25, -0.2) is 4.39 Å². The summed E-state index contributed by atoms with van der Waals surface area (Å²) in [6.07, 6.45) is 5.13. The van der Waals surface area contributed by atoms with Crippen molar-refractivity contribution in [2.24, 2.45) is 5.92 Å². The Balaban J connectivity index is 1.88. The molecule has 3 heteroatoms. The molecule has 2 fully saturated rings. The Hall–Kier alpha value is -0.930. The number of rotatable bonds is 1. The maximum Gasteiger partial charge on any atom is 0.123 e. The van der Waals surface area contributed by atoms with E-state index in [1.165, 1.54) is 18.6 Å². The first-order chi connectivity index (χ1) is 8.69. The quantitative estimate of drug-likeness (QED) is 0.802. The number of hydrogen-bond donors (Lipinski definition) is 2. The van der Waals surface area contributed by atoms with Crippen LogP contribution >= 0.6 is 0 Å². The maximum absolute atomic E-state index is 13.0. The van der Waals surface area contributed by atoms with Crippen LogP contribution in [-0.2, 0) is 0 Å². The lowest BCUT2D eigenvalue weighted by Crippen LogP contribution is -2.53. The van der Waals surface area contributed by atoms with Crippen molar-refractivity contribution in [1.29, 1.82) is 0 Å². The molecule has 1 aliphatic carbocycles. The Bertz CT molecular complexity index is 415. The molecule has 1 saturated carbocycles. The zero-order chi connectivity index (χ0) is 12.6. The lowest BCUT2D eigenvalue weighted by Gasteiger charge is -2.48. The van der Waals surface area contributed by atoms with Crippen LogP contribution in [0.5, 0.6) is 0 Å². The van der Waals surface area contributed by atoms with Crippen LogP contribution in [0.2, 0.25) is 0 Å². The van der Waals surface area contributed by atoms with Crippen LogP contribution < -0.4 is 5.32 Å². The zero-order valence-electron chi connectivity index (χ0n) is 10.5. The van der Waals surface area contributed by atoms with Crippen LogP contribution in [0.1, 0.15) is 43.7 Å². The van der Waals surface area contributed by atoms with Gasteiger partial charge in [0, 0.05) is 12.0 Å². The van der Waals surface area contributed by atoms with Crippen LogP contribution in [0, 0.1) is 11.7 Å². The number of benzene rings is 1. The van der Waals surface area contributed by atoms with Gasteiger partial charge in [0.15, 0.2) is 0 Å². The molecular weight excluding hydrogens is 229 g/mol. The Morgan fingerprint density at radius 3 is 2.72 bits per heavy atom. The van der Waals surface area contributed by atoms with Gasteiger partial charge in [-0.3, -0.25) is 0 Å². The van der Waals surface area contributed by atoms with E-state index in [2.05, 4.69) is 5.32 Å². The van der Waals surface area contributed by atoms with E-state index in [-0.39, 0.29) is 17.8 Å². The van der Waals surface area contributed by atoms with Crippen molar-refractivity contribution >= 4 is 0 Å². The van der Waals surface area contributed by atoms with Gasteiger partial charge >= 0.3 is 0 Å². The Kier molecular flexibility index (Phi) is 3.12. The fourth-order valence-electron chi connectivity index (χ4n) is 3.64. The topological polar surface area (TPSA) is 32.3 Å². The van der Waals surface area contributed by atoms with E-state index in [1.54, 1.807) is 0 Å². The molecule has 1 aromatic rings. The van der Waals surface area contributed by atoms with E-state index in [4.69, 9.17) is 0 Å². The van der Waals surface area contributed by atoms with Gasteiger partial charge in [-0.1, -0.05) is 25.0 Å². The molecule has 2 N–H and O–H groups in total. The van der Waals surface area contributed by atoms with E-state index in [1.807, 2.05) is 12.1 Å². The number of hydrogen-bond acceptors (Lipinski definition) is 2. The normalized spacial score (nSPS) is 36.1. The van der Waals surface area contributed by atoms with Crippen molar-refractivity contribution in [2.75, 3.05) is 6.54 Å². The smallest absolute Gasteiger partial charge is 0.123 e. The third-order valence-electron chi connectivity index (χ3n) is 4.62. The SMILES string of the molecule is O[C@]12CCCC[C@@H]1[C@H](c1ccc(F)cc1)NCC2. The minimum absolute atomic E-state index is 0.171. The van der Waals surface area contributed by atoms with Gasteiger partial charge < -0.3 is 10.4 Å². The van der Waals surface area contributed by atoms with Crippen LogP contribution in [0.25, 0.3) is 0 Å². The minimum Gasteiger partial charge on any atom is -0.389 e. The number of piperidine rings is 1. The van der Waals surface area contributed by atoms with Crippen LogP contribution in [0.3, 0.4) is 0 Å². The first-order valence-corrected chi connectivity index (χ1v) is 6.90. The fraction of sp³-hybridized carbons (Fsp3) is 0.600. The summed E-state index contributed by atoms with van der Waals surface area (Å²) in [5.41, 5.74) is 0.587. The standard InChI is InChI=1S/C15H20FNO/c16-12-6-4-11(5-7-12)14-13-3-1-2-8-15(13,18)9-10-17-14/h4-7,13-14,17-18H,1-3,8-10H2/t13-,14+,15+/m1/s1. The summed E-state index contributed by atoms with van der Waals surface area (Å²) in [6.45, 7) is 0.842. The summed E-state index contributed by atoms with van der Waals surface area (Å²) >= 11 is 0. The second kappa shape index (κ2) is 4.63. The summed E-state index contributed by atoms with van der Waals surface area (Å²) in [4.78, 5) is 0. The molecular formula is C15H20FNO. The predicted molar refractivity (Wildman–Crippen MR) is 68.7 cm³/mol. The monoisotopic (exact) mass is 249 g/mol. The van der Waals surface area contributed by atoms with Crippen LogP contribution in [-0.4, -0.2) is 17.3 Å². The molecule has 1 heterocycles. The number of halogens is 1. The number of fused-ring (bicyclic) bond motifs is 1. The molecule has 3 atom stereocenters. The average Bonchev–Trinajstić information content (AvgIpc) is 2.38. The van der Waals surface area contributed by atoms with Gasteiger partial charge in [0.05, 0.1) is 5.60 Å². The largest absolute Gasteiger partial charge is 0.389 e. The average molecular weight is 249 g/mol. The molecule has 0 unspecified atom stereocenters. The van der Waals surface area contributed by atoms with Crippen molar-refractivity contribution in [1.82, 2.24) is 5.32 Å². The second-order valence-electron chi connectivity index (χ2n) is 5.69. The van der Waals surface area contributed by atoms with Gasteiger partial charge in [-0.05, 0) is 43.5 Å². The second-order valence-corrected chi connectivity index (χ2v) is 5.69. The highest BCUT2D eigenvalue weighted by Crippen LogP contribution is 2.45. The maximum atomic E-state index is 13.0. The van der Waals surface area contributed by atoms with Gasteiger partial charge in [0.1, 0.15) is 5.82 Å². The molecule has 0 amide bonds. The summed E-state index contributed by atoms with van der Waals surface area (Å²) in [5.74, 6) is 0.0685. The van der Waals surface area contributed by atoms with E-state index in [0.717, 1.165) is 37.8 Å². The molecule has 2 aliphatic rings. The summed E-state index contributed by atoms with van der Waals surface area (Å²) in [5, 5.41) is 14.3. The molecule has 2 nitrogen and oxygen atoms in total. The molecule has 0 spiro atoms. The highest BCUT2D eigenvalue weighted by atomic mass is 19.1. The lowest BCUT2D eigenvalue weighted by molar-refractivity contribution is -0.0861. The van der Waals surface area contributed by atoms with E-state index in [0.29, 0.717) is 0 Å². The molecule has 18 heavy (non-hydrogen) atoms. The van der Waals surface area contributed by atoms with Crippen molar-refractivity contribution in [3.63, 3.8) is 0 Å². The zero-order valence-corrected chi connectivity index (χ0v) is 10.5. The highest BCUT2D eigenvalue weighted by Gasteiger charge is 2.45. The molecule has 3 rings (SSSR count). The molecule has 1 aliphatic heterocycles. The molecule has 1 saturated heterocycles. The molecule has 0 aromatic heterocycles. The molecule has 1 aromatic carbocycles. The lowest BCUT2D eigenvalue weighted by atomic mass is 9.67. The predicted octanol–water partition coefficient (Wildman–Crippen LogP) is 2.78. The van der Waals surface area contributed by atoms with Crippen molar-refractivity contribution in [3.05, 3.63) is 35.6 Å². The number of aliphatic hydroxyl groups is 1. The summed E-state index contributed by atoms with van der Waals surface area (Å²) in [6, 6.07) is 6.87. The van der Waals surface area contributed by atoms with Gasteiger partial charge in [-0.15, -0.1) is 0 Å². The van der Waals surface area contributed by atoms with E-state index >= 15 is 0 Å². The third-order valence-corrected chi connectivity index (χ3v) is 4.62. The van der Waals surface area contributed by atoms with Crippen molar-refractivity contribution in [3.8, 4) is 0 Å². The van der Waals surface area contributed by atoms with Crippen molar-refractivity contribution < 1.29 is 9.50 Å². The van der Waals surface area contributed by atoms with E-state index in [9.17, 15) is 9.50 Å². The van der Waals surface area contributed by atoms with Crippen molar-refractivity contribution in [2.45, 2.75) is 43.7 Å². The highest BCUT2D eigenvalue weighted by molar-refractivity contribution is 5.23. The van der Waals surface area contributed by atoms with Crippen LogP contribution in [0.4, 0.5) is 4.39 Å².